The van der Waals surface area contributed by atoms with E-state index < -0.39 is 6.10 Å². The van der Waals surface area contributed by atoms with E-state index in [2.05, 4.69) is 4.90 Å². The van der Waals surface area contributed by atoms with E-state index >= 15 is 0 Å². The van der Waals surface area contributed by atoms with E-state index in [4.69, 9.17) is 10.8 Å². The van der Waals surface area contributed by atoms with Gasteiger partial charge in [0.1, 0.15) is 0 Å². The van der Waals surface area contributed by atoms with Gasteiger partial charge >= 0.3 is 0 Å². The molecule has 1 fully saturated rings. The van der Waals surface area contributed by atoms with Crippen molar-refractivity contribution in [2.75, 3.05) is 32.0 Å². The van der Waals surface area contributed by atoms with Crippen LogP contribution in [0.1, 0.15) is 30.9 Å². The zero-order chi connectivity index (χ0) is 13.7. The molecule has 0 amide bonds. The highest BCUT2D eigenvalue weighted by Gasteiger charge is 2.22. The summed E-state index contributed by atoms with van der Waals surface area (Å²) >= 11 is 0. The highest BCUT2D eigenvalue weighted by Crippen LogP contribution is 2.24. The molecule has 1 aliphatic heterocycles. The van der Waals surface area contributed by atoms with Crippen molar-refractivity contribution in [2.24, 2.45) is 5.92 Å². The van der Waals surface area contributed by atoms with E-state index in [1.165, 1.54) is 6.42 Å². The lowest BCUT2D eigenvalue weighted by Gasteiger charge is -2.34. The van der Waals surface area contributed by atoms with Gasteiger partial charge in [-0.15, -0.1) is 0 Å². The van der Waals surface area contributed by atoms with Crippen LogP contribution in [0, 0.1) is 5.92 Å². The molecule has 19 heavy (non-hydrogen) atoms. The second-order valence-corrected chi connectivity index (χ2v) is 5.42. The van der Waals surface area contributed by atoms with Gasteiger partial charge in [-0.05, 0) is 37.8 Å². The third-order valence-corrected chi connectivity index (χ3v) is 3.93. The lowest BCUT2D eigenvalue weighted by Crippen LogP contribution is -2.38. The number of nitrogens with zero attached hydrogens (tertiary/aromatic N) is 1. The van der Waals surface area contributed by atoms with E-state index in [9.17, 15) is 5.11 Å². The highest BCUT2D eigenvalue weighted by atomic mass is 16.3. The second kappa shape index (κ2) is 6.89. The van der Waals surface area contributed by atoms with Crippen LogP contribution in [0.3, 0.4) is 0 Å². The number of rotatable bonds is 5. The van der Waals surface area contributed by atoms with Crippen molar-refractivity contribution in [3.05, 3.63) is 29.8 Å². The SMILES string of the molecule is Nc1ccccc1C(O)CN1CCCC(CCO)C1. The zero-order valence-electron chi connectivity index (χ0n) is 11.3. The van der Waals surface area contributed by atoms with Gasteiger partial charge in [0.15, 0.2) is 0 Å². The van der Waals surface area contributed by atoms with Gasteiger partial charge in [-0.1, -0.05) is 18.2 Å². The van der Waals surface area contributed by atoms with Crippen LogP contribution in [0.5, 0.6) is 0 Å². The number of anilines is 1. The topological polar surface area (TPSA) is 69.7 Å². The minimum atomic E-state index is -0.533. The predicted molar refractivity (Wildman–Crippen MR) is 76.7 cm³/mol. The Bertz CT molecular complexity index is 395. The van der Waals surface area contributed by atoms with Crippen molar-refractivity contribution in [2.45, 2.75) is 25.4 Å². The van der Waals surface area contributed by atoms with Crippen LogP contribution in [0.4, 0.5) is 5.69 Å². The third kappa shape index (κ3) is 3.93. The summed E-state index contributed by atoms with van der Waals surface area (Å²) in [4.78, 5) is 2.28. The standard InChI is InChI=1S/C15H24N2O2/c16-14-6-2-1-5-13(14)15(19)11-17-8-3-4-12(10-17)7-9-18/h1-2,5-6,12,15,18-19H,3-4,7-11,16H2. The molecule has 1 aliphatic rings. The first-order valence-electron chi connectivity index (χ1n) is 7.06. The Labute approximate surface area is 114 Å². The number of piperidine rings is 1. The Balaban J connectivity index is 1.91. The van der Waals surface area contributed by atoms with Crippen molar-refractivity contribution in [3.63, 3.8) is 0 Å². The molecule has 4 heteroatoms. The lowest BCUT2D eigenvalue weighted by atomic mass is 9.94. The van der Waals surface area contributed by atoms with Gasteiger partial charge in [0, 0.05) is 30.9 Å². The van der Waals surface area contributed by atoms with Gasteiger partial charge < -0.3 is 20.8 Å². The maximum absolute atomic E-state index is 10.3. The molecule has 1 aromatic carbocycles. The summed E-state index contributed by atoms with van der Waals surface area (Å²) in [5.74, 6) is 0.555. The van der Waals surface area contributed by atoms with E-state index in [0.717, 1.165) is 31.5 Å². The van der Waals surface area contributed by atoms with Crippen LogP contribution in [-0.4, -0.2) is 41.4 Å². The largest absolute Gasteiger partial charge is 0.398 e. The van der Waals surface area contributed by atoms with Crippen LogP contribution in [0.2, 0.25) is 0 Å². The summed E-state index contributed by atoms with van der Waals surface area (Å²) in [5.41, 5.74) is 7.35. The number of hydrogen-bond acceptors (Lipinski definition) is 4. The van der Waals surface area contributed by atoms with Crippen molar-refractivity contribution < 1.29 is 10.2 Å². The highest BCUT2D eigenvalue weighted by molar-refractivity contribution is 5.47. The van der Waals surface area contributed by atoms with Gasteiger partial charge in [-0.3, -0.25) is 0 Å². The first-order chi connectivity index (χ1) is 9.20. The van der Waals surface area contributed by atoms with Crippen molar-refractivity contribution in [3.8, 4) is 0 Å². The summed E-state index contributed by atoms with van der Waals surface area (Å²) in [6.07, 6.45) is 2.65. The van der Waals surface area contributed by atoms with Gasteiger partial charge in [-0.25, -0.2) is 0 Å². The molecular formula is C15H24N2O2. The van der Waals surface area contributed by atoms with Gasteiger partial charge in [0.2, 0.25) is 0 Å². The minimum Gasteiger partial charge on any atom is -0.398 e. The van der Waals surface area contributed by atoms with Crippen molar-refractivity contribution in [1.29, 1.82) is 0 Å². The molecule has 0 aliphatic carbocycles. The first kappa shape index (κ1) is 14.3. The maximum atomic E-state index is 10.3. The Kier molecular flexibility index (Phi) is 5.19. The Morgan fingerprint density at radius 3 is 2.89 bits per heavy atom. The number of nitrogen functional groups attached to an aromatic ring is 1. The summed E-state index contributed by atoms with van der Waals surface area (Å²) in [6, 6.07) is 7.49. The van der Waals surface area contributed by atoms with Crippen LogP contribution < -0.4 is 5.73 Å². The first-order valence-corrected chi connectivity index (χ1v) is 7.06. The molecule has 2 atom stereocenters. The fourth-order valence-corrected chi connectivity index (χ4v) is 2.89. The second-order valence-electron chi connectivity index (χ2n) is 5.42. The number of nitrogens with two attached hydrogens (primary N) is 1. The van der Waals surface area contributed by atoms with E-state index in [1.807, 2.05) is 24.3 Å². The molecule has 2 unspecified atom stereocenters. The minimum absolute atomic E-state index is 0.257. The summed E-state index contributed by atoms with van der Waals surface area (Å²) < 4.78 is 0. The number of aliphatic hydroxyl groups is 2. The predicted octanol–water partition coefficient (Wildman–Crippen LogP) is 1.40. The van der Waals surface area contributed by atoms with E-state index in [1.54, 1.807) is 0 Å². The molecule has 106 valence electrons. The Hall–Kier alpha value is -1.10. The molecule has 1 heterocycles. The number of benzene rings is 1. The normalized spacial score (nSPS) is 22.3. The average molecular weight is 264 g/mol. The molecule has 4 N–H and O–H groups in total. The quantitative estimate of drug-likeness (QED) is 0.703. The Morgan fingerprint density at radius 2 is 2.16 bits per heavy atom. The smallest absolute Gasteiger partial charge is 0.0936 e. The molecule has 0 radical (unpaired) electrons. The summed E-state index contributed by atoms with van der Waals surface area (Å²) in [6.45, 7) is 2.86. The number of likely N-dealkylation sites (tertiary alicyclic amines) is 1. The Morgan fingerprint density at radius 1 is 1.37 bits per heavy atom. The lowest BCUT2D eigenvalue weighted by molar-refractivity contribution is 0.0785. The maximum Gasteiger partial charge on any atom is 0.0936 e. The monoisotopic (exact) mass is 264 g/mol. The average Bonchev–Trinajstić information content (AvgIpc) is 2.40. The molecule has 1 saturated heterocycles. The van der Waals surface area contributed by atoms with Crippen LogP contribution in [-0.2, 0) is 0 Å². The molecule has 0 bridgehead atoms. The van der Waals surface area contributed by atoms with Crippen LogP contribution >= 0.6 is 0 Å². The molecule has 2 rings (SSSR count). The van der Waals surface area contributed by atoms with Crippen LogP contribution in [0.25, 0.3) is 0 Å². The van der Waals surface area contributed by atoms with E-state index in [0.29, 0.717) is 18.2 Å². The molecule has 0 aromatic heterocycles. The summed E-state index contributed by atoms with van der Waals surface area (Å²) in [5, 5.41) is 19.3. The molecule has 0 saturated carbocycles. The van der Waals surface area contributed by atoms with E-state index in [-0.39, 0.29) is 6.61 Å². The molecular weight excluding hydrogens is 240 g/mol. The fourth-order valence-electron chi connectivity index (χ4n) is 2.89. The van der Waals surface area contributed by atoms with Gasteiger partial charge in [0.25, 0.3) is 0 Å². The van der Waals surface area contributed by atoms with Gasteiger partial charge in [-0.2, -0.15) is 0 Å². The fraction of sp³-hybridized carbons (Fsp3) is 0.600. The number of hydrogen-bond donors (Lipinski definition) is 3. The molecule has 0 spiro atoms. The number of β-amino-alcohol motifs (C(OH)–C–C–N with tert-alkyl or cyclic N) is 1. The van der Waals surface area contributed by atoms with Crippen molar-refractivity contribution in [1.82, 2.24) is 4.90 Å². The van der Waals surface area contributed by atoms with Gasteiger partial charge in [0.05, 0.1) is 6.10 Å². The van der Waals surface area contributed by atoms with Crippen LogP contribution in [0.15, 0.2) is 24.3 Å². The summed E-state index contributed by atoms with van der Waals surface area (Å²) in [7, 11) is 0. The zero-order valence-corrected chi connectivity index (χ0v) is 11.3. The molecule has 1 aromatic rings. The number of aliphatic hydroxyl groups excluding tert-OH is 2. The number of para-hydroxylation sites is 1. The van der Waals surface area contributed by atoms with Crippen molar-refractivity contribution >= 4 is 5.69 Å². The molecule has 4 nitrogen and oxygen atoms in total. The third-order valence-electron chi connectivity index (χ3n) is 3.93.